The highest BCUT2D eigenvalue weighted by molar-refractivity contribution is 5.09. The summed E-state index contributed by atoms with van der Waals surface area (Å²) in [4.78, 5) is 5.14. The van der Waals surface area contributed by atoms with Gasteiger partial charge in [0.05, 0.1) is 18.4 Å². The standard InChI is InChI=1S/C13H19F4N3/c1-9(2)20(8-13(15,16)17)6-5-11(18)12-4-3-10(14)7-19-12/h3-4,7,9,11H,5-6,8,18H2,1-2H3. The molecule has 0 saturated heterocycles. The van der Waals surface area contributed by atoms with Gasteiger partial charge in [0.1, 0.15) is 5.82 Å². The Morgan fingerprint density at radius 1 is 1.30 bits per heavy atom. The highest BCUT2D eigenvalue weighted by atomic mass is 19.4. The summed E-state index contributed by atoms with van der Waals surface area (Å²) in [5.41, 5.74) is 6.34. The molecular weight excluding hydrogens is 274 g/mol. The van der Waals surface area contributed by atoms with Gasteiger partial charge in [-0.3, -0.25) is 9.88 Å². The Morgan fingerprint density at radius 3 is 2.40 bits per heavy atom. The Kier molecular flexibility index (Phi) is 5.88. The predicted molar refractivity (Wildman–Crippen MR) is 68.5 cm³/mol. The van der Waals surface area contributed by atoms with Gasteiger partial charge in [0.15, 0.2) is 0 Å². The number of halogens is 4. The lowest BCUT2D eigenvalue weighted by Crippen LogP contribution is -2.40. The van der Waals surface area contributed by atoms with E-state index in [1.165, 1.54) is 17.0 Å². The van der Waals surface area contributed by atoms with Crippen LogP contribution in [0.1, 0.15) is 32.0 Å². The van der Waals surface area contributed by atoms with Crippen molar-refractivity contribution < 1.29 is 17.6 Å². The smallest absolute Gasteiger partial charge is 0.323 e. The van der Waals surface area contributed by atoms with Gasteiger partial charge < -0.3 is 5.73 Å². The zero-order valence-corrected chi connectivity index (χ0v) is 11.5. The van der Waals surface area contributed by atoms with Crippen molar-refractivity contribution in [1.29, 1.82) is 0 Å². The van der Waals surface area contributed by atoms with Crippen LogP contribution in [0.25, 0.3) is 0 Å². The van der Waals surface area contributed by atoms with E-state index in [-0.39, 0.29) is 12.6 Å². The summed E-state index contributed by atoms with van der Waals surface area (Å²) >= 11 is 0. The van der Waals surface area contributed by atoms with Crippen LogP contribution in [-0.4, -0.2) is 35.2 Å². The third kappa shape index (κ3) is 5.83. The molecular formula is C13H19F4N3. The topological polar surface area (TPSA) is 42.1 Å². The predicted octanol–water partition coefficient (Wildman–Crippen LogP) is 2.88. The largest absolute Gasteiger partial charge is 0.401 e. The maximum atomic E-state index is 12.7. The van der Waals surface area contributed by atoms with Crippen LogP contribution in [0.4, 0.5) is 17.6 Å². The van der Waals surface area contributed by atoms with Crippen LogP contribution in [-0.2, 0) is 0 Å². The maximum absolute atomic E-state index is 12.7. The van der Waals surface area contributed by atoms with E-state index >= 15 is 0 Å². The molecule has 1 aromatic rings. The van der Waals surface area contributed by atoms with E-state index in [4.69, 9.17) is 5.73 Å². The molecule has 114 valence electrons. The van der Waals surface area contributed by atoms with Crippen LogP contribution < -0.4 is 5.73 Å². The molecule has 0 fully saturated rings. The molecule has 3 nitrogen and oxygen atoms in total. The zero-order chi connectivity index (χ0) is 15.3. The second-order valence-electron chi connectivity index (χ2n) is 4.98. The first-order valence-electron chi connectivity index (χ1n) is 6.37. The van der Waals surface area contributed by atoms with Crippen molar-refractivity contribution in [3.8, 4) is 0 Å². The van der Waals surface area contributed by atoms with Crippen molar-refractivity contribution in [3.05, 3.63) is 29.8 Å². The number of pyridine rings is 1. The second kappa shape index (κ2) is 6.99. The minimum absolute atomic E-state index is 0.206. The van der Waals surface area contributed by atoms with Crippen LogP contribution in [0.3, 0.4) is 0 Å². The minimum Gasteiger partial charge on any atom is -0.323 e. The Labute approximate surface area is 115 Å². The van der Waals surface area contributed by atoms with Gasteiger partial charge in [-0.25, -0.2) is 4.39 Å². The van der Waals surface area contributed by atoms with Gasteiger partial charge in [-0.15, -0.1) is 0 Å². The number of hydrogen-bond acceptors (Lipinski definition) is 3. The Balaban J connectivity index is 2.56. The lowest BCUT2D eigenvalue weighted by Gasteiger charge is -2.28. The van der Waals surface area contributed by atoms with E-state index in [0.29, 0.717) is 12.1 Å². The number of aromatic nitrogens is 1. The molecule has 2 N–H and O–H groups in total. The van der Waals surface area contributed by atoms with Gasteiger partial charge in [0, 0.05) is 18.6 Å². The molecule has 1 aromatic heterocycles. The first-order valence-corrected chi connectivity index (χ1v) is 6.37. The van der Waals surface area contributed by atoms with Crippen molar-refractivity contribution in [2.45, 2.75) is 38.5 Å². The summed E-state index contributed by atoms with van der Waals surface area (Å²) in [6.07, 6.45) is -2.86. The van der Waals surface area contributed by atoms with Crippen LogP contribution in [0.5, 0.6) is 0 Å². The molecule has 0 amide bonds. The third-order valence-corrected chi connectivity index (χ3v) is 2.97. The Bertz CT molecular complexity index is 403. The summed E-state index contributed by atoms with van der Waals surface area (Å²) in [6.45, 7) is 2.65. The van der Waals surface area contributed by atoms with Gasteiger partial charge in [-0.2, -0.15) is 13.2 Å². The first kappa shape index (κ1) is 16.8. The molecule has 0 aromatic carbocycles. The van der Waals surface area contributed by atoms with Gasteiger partial charge in [0.2, 0.25) is 0 Å². The summed E-state index contributed by atoms with van der Waals surface area (Å²) in [7, 11) is 0. The molecule has 0 aliphatic rings. The molecule has 0 radical (unpaired) electrons. The van der Waals surface area contributed by atoms with E-state index in [1.54, 1.807) is 13.8 Å². The van der Waals surface area contributed by atoms with Gasteiger partial charge in [-0.05, 0) is 32.4 Å². The molecule has 7 heteroatoms. The van der Waals surface area contributed by atoms with Crippen LogP contribution >= 0.6 is 0 Å². The molecule has 20 heavy (non-hydrogen) atoms. The fraction of sp³-hybridized carbons (Fsp3) is 0.615. The summed E-state index contributed by atoms with van der Waals surface area (Å²) in [5, 5.41) is 0. The third-order valence-electron chi connectivity index (χ3n) is 2.97. The fourth-order valence-electron chi connectivity index (χ4n) is 1.81. The molecule has 1 atom stereocenters. The maximum Gasteiger partial charge on any atom is 0.401 e. The summed E-state index contributed by atoms with van der Waals surface area (Å²) < 4.78 is 50.0. The number of rotatable bonds is 6. The molecule has 1 unspecified atom stereocenters. The van der Waals surface area contributed by atoms with Crippen molar-refractivity contribution in [1.82, 2.24) is 9.88 Å². The van der Waals surface area contributed by atoms with Gasteiger partial charge in [-0.1, -0.05) is 0 Å². The molecule has 0 spiro atoms. The number of alkyl halides is 3. The van der Waals surface area contributed by atoms with Crippen LogP contribution in [0.15, 0.2) is 18.3 Å². The van der Waals surface area contributed by atoms with Crippen molar-refractivity contribution >= 4 is 0 Å². The molecule has 1 heterocycles. The minimum atomic E-state index is -4.23. The van der Waals surface area contributed by atoms with Crippen molar-refractivity contribution in [3.63, 3.8) is 0 Å². The van der Waals surface area contributed by atoms with E-state index in [9.17, 15) is 17.6 Å². The van der Waals surface area contributed by atoms with E-state index < -0.39 is 24.6 Å². The van der Waals surface area contributed by atoms with E-state index in [1.807, 2.05) is 0 Å². The highest BCUT2D eigenvalue weighted by Gasteiger charge is 2.31. The molecule has 0 aliphatic carbocycles. The van der Waals surface area contributed by atoms with Crippen LogP contribution in [0, 0.1) is 5.82 Å². The average Bonchev–Trinajstić information content (AvgIpc) is 2.33. The summed E-state index contributed by atoms with van der Waals surface area (Å²) in [6, 6.07) is 1.94. The second-order valence-corrected chi connectivity index (χ2v) is 4.98. The van der Waals surface area contributed by atoms with Crippen LogP contribution in [0.2, 0.25) is 0 Å². The Morgan fingerprint density at radius 2 is 1.95 bits per heavy atom. The van der Waals surface area contributed by atoms with Gasteiger partial charge >= 0.3 is 6.18 Å². The lowest BCUT2D eigenvalue weighted by atomic mass is 10.1. The molecule has 0 bridgehead atoms. The average molecular weight is 293 g/mol. The van der Waals surface area contributed by atoms with Crippen molar-refractivity contribution in [2.75, 3.05) is 13.1 Å². The molecule has 1 rings (SSSR count). The first-order chi connectivity index (χ1) is 9.19. The summed E-state index contributed by atoms with van der Waals surface area (Å²) in [5.74, 6) is -0.471. The van der Waals surface area contributed by atoms with Gasteiger partial charge in [0.25, 0.3) is 0 Å². The highest BCUT2D eigenvalue weighted by Crippen LogP contribution is 2.20. The lowest BCUT2D eigenvalue weighted by molar-refractivity contribution is -0.149. The normalized spacial score (nSPS) is 14.1. The quantitative estimate of drug-likeness (QED) is 0.820. The van der Waals surface area contributed by atoms with E-state index in [2.05, 4.69) is 4.98 Å². The van der Waals surface area contributed by atoms with E-state index in [0.717, 1.165) is 6.20 Å². The SMILES string of the molecule is CC(C)N(CCC(N)c1ccc(F)cn1)CC(F)(F)F. The number of hydrogen-bond donors (Lipinski definition) is 1. The molecule has 0 aliphatic heterocycles. The fourth-order valence-corrected chi connectivity index (χ4v) is 1.81. The van der Waals surface area contributed by atoms with Crippen molar-refractivity contribution in [2.24, 2.45) is 5.73 Å². The molecule has 0 saturated carbocycles. The zero-order valence-electron chi connectivity index (χ0n) is 11.5. The Hall–Kier alpha value is -1.21. The number of nitrogens with zero attached hydrogens (tertiary/aromatic N) is 2. The number of nitrogens with two attached hydrogens (primary N) is 1. The monoisotopic (exact) mass is 293 g/mol.